The van der Waals surface area contributed by atoms with Crippen molar-refractivity contribution >= 4 is 0 Å². The van der Waals surface area contributed by atoms with Gasteiger partial charge in [-0.05, 0) is 179 Å². The molecular weight excluding hydrogens is 739 g/mol. The third-order valence-electron chi connectivity index (χ3n) is 20.0. The molecule has 6 heteroatoms. The van der Waals surface area contributed by atoms with E-state index < -0.39 is 0 Å². The van der Waals surface area contributed by atoms with Crippen molar-refractivity contribution in [2.24, 2.45) is 50.2 Å². The van der Waals surface area contributed by atoms with Crippen LogP contribution in [0, 0.1) is 50.2 Å². The molecule has 0 aromatic carbocycles. The molecule has 0 saturated heterocycles. The second-order valence-electron chi connectivity index (χ2n) is 22.9. The lowest BCUT2D eigenvalue weighted by atomic mass is 9.67. The SMILES string of the molecule is C=C1CC(=C2CC3CCC2(C)C3(C)C)C=CC1Oc1nc(OC2C=CC(=C3CC4CCC3(C)C4(C)C)CC2=C)nc(OC2C=CC(=C3CC4CCC3(C)C4(C)C)CC2=C)n1. The lowest BCUT2D eigenvalue weighted by Gasteiger charge is -2.37. The highest BCUT2D eigenvalue weighted by atomic mass is 16.5. The summed E-state index contributed by atoms with van der Waals surface area (Å²) in [5, 5.41) is 0. The fourth-order valence-corrected chi connectivity index (χ4v) is 14.4. The Morgan fingerprint density at radius 1 is 0.450 bits per heavy atom. The van der Waals surface area contributed by atoms with Crippen LogP contribution in [0.2, 0.25) is 0 Å². The number of hydrogen-bond donors (Lipinski definition) is 0. The van der Waals surface area contributed by atoms with Gasteiger partial charge in [0.05, 0.1) is 0 Å². The molecule has 1 aromatic rings. The van der Waals surface area contributed by atoms with E-state index in [0.29, 0.717) is 16.2 Å². The second-order valence-corrected chi connectivity index (χ2v) is 22.9. The first-order valence-corrected chi connectivity index (χ1v) is 23.3. The fourth-order valence-electron chi connectivity index (χ4n) is 14.4. The van der Waals surface area contributed by atoms with E-state index in [9.17, 15) is 0 Å². The maximum atomic E-state index is 6.58. The molecule has 0 amide bonds. The Bertz CT molecular complexity index is 2030. The average Bonchev–Trinajstić information content (AvgIpc) is 3.85. The minimum absolute atomic E-state index is 0.158. The quantitative estimate of drug-likeness (QED) is 0.267. The standard InChI is InChI=1S/C54H69N3O3/c1-31-25-34(40-28-37-19-22-52(40,10)49(37,4)5)13-16-43(31)58-46-55-47(59-44-17-14-35(26-32(44)2)41-29-38-20-23-53(41,11)50(38,6)7)57-48(56-46)60-45-18-15-36(27-33(45)3)42-30-39-21-24-54(42,12)51(39,8)9/h13-18,37-39,43-45H,1-3,19-30H2,4-12H3. The zero-order chi connectivity index (χ0) is 42.4. The molecule has 0 radical (unpaired) electrons. The molecular formula is C54H69N3O3. The summed E-state index contributed by atoms with van der Waals surface area (Å²) in [5.74, 6) is 2.25. The molecule has 6 bridgehead atoms. The van der Waals surface area contributed by atoms with Crippen LogP contribution in [-0.2, 0) is 0 Å². The average molecular weight is 808 g/mol. The van der Waals surface area contributed by atoms with Crippen LogP contribution in [0.3, 0.4) is 0 Å². The number of rotatable bonds is 6. The highest BCUT2D eigenvalue weighted by molar-refractivity contribution is 5.47. The summed E-state index contributed by atoms with van der Waals surface area (Å²) in [6.45, 7) is 35.8. The molecule has 0 aliphatic heterocycles. The minimum atomic E-state index is -0.381. The van der Waals surface area contributed by atoms with Crippen LogP contribution in [-0.4, -0.2) is 33.3 Å². The molecule has 10 rings (SSSR count). The normalized spacial score (nSPS) is 42.9. The van der Waals surface area contributed by atoms with Crippen molar-refractivity contribution in [1.29, 1.82) is 0 Å². The topological polar surface area (TPSA) is 66.4 Å². The van der Waals surface area contributed by atoms with Crippen molar-refractivity contribution in [2.75, 3.05) is 0 Å². The maximum absolute atomic E-state index is 6.58. The highest BCUT2D eigenvalue weighted by Gasteiger charge is 2.61. The van der Waals surface area contributed by atoms with E-state index in [1.807, 2.05) is 0 Å². The van der Waals surface area contributed by atoms with Gasteiger partial charge in [-0.3, -0.25) is 0 Å². The molecule has 9 aliphatic rings. The lowest BCUT2D eigenvalue weighted by Crippen LogP contribution is -2.29. The van der Waals surface area contributed by atoms with Crippen LogP contribution in [0.5, 0.6) is 18.0 Å². The Balaban J connectivity index is 0.924. The van der Waals surface area contributed by atoms with Crippen molar-refractivity contribution in [3.8, 4) is 18.0 Å². The smallest absolute Gasteiger partial charge is 0.326 e. The molecule has 6 saturated carbocycles. The molecule has 9 unspecified atom stereocenters. The fraction of sp³-hybridized carbons (Fsp3) is 0.611. The predicted octanol–water partition coefficient (Wildman–Crippen LogP) is 13.1. The van der Waals surface area contributed by atoms with Gasteiger partial charge in [0.25, 0.3) is 0 Å². The lowest BCUT2D eigenvalue weighted by molar-refractivity contribution is 0.178. The van der Waals surface area contributed by atoms with E-state index in [2.05, 4.69) is 119 Å². The van der Waals surface area contributed by atoms with Crippen LogP contribution < -0.4 is 14.2 Å². The van der Waals surface area contributed by atoms with Gasteiger partial charge in [-0.2, -0.15) is 0 Å². The van der Waals surface area contributed by atoms with Crippen LogP contribution in [0.25, 0.3) is 0 Å². The van der Waals surface area contributed by atoms with E-state index in [1.54, 1.807) is 16.7 Å². The third kappa shape index (κ3) is 5.66. The monoisotopic (exact) mass is 808 g/mol. The number of fused-ring (bicyclic) bond motifs is 6. The van der Waals surface area contributed by atoms with Crippen molar-refractivity contribution in [3.63, 3.8) is 0 Å². The van der Waals surface area contributed by atoms with Gasteiger partial charge >= 0.3 is 18.0 Å². The summed E-state index contributed by atoms with van der Waals surface area (Å²) in [6.07, 6.45) is 25.7. The summed E-state index contributed by atoms with van der Waals surface area (Å²) in [5.41, 5.74) is 13.7. The van der Waals surface area contributed by atoms with Crippen molar-refractivity contribution in [1.82, 2.24) is 15.0 Å². The van der Waals surface area contributed by atoms with Gasteiger partial charge in [0.1, 0.15) is 18.3 Å². The van der Waals surface area contributed by atoms with Gasteiger partial charge in [0.2, 0.25) is 0 Å². The van der Waals surface area contributed by atoms with Gasteiger partial charge in [0, 0.05) is 0 Å². The van der Waals surface area contributed by atoms with Crippen LogP contribution in [0.1, 0.15) is 139 Å². The Kier molecular flexibility index (Phi) is 8.89. The summed E-state index contributed by atoms with van der Waals surface area (Å²) >= 11 is 0. The van der Waals surface area contributed by atoms with Crippen molar-refractivity contribution < 1.29 is 14.2 Å². The first kappa shape index (κ1) is 40.2. The molecule has 9 aliphatic carbocycles. The number of allylic oxidation sites excluding steroid dienone is 9. The molecule has 0 N–H and O–H groups in total. The third-order valence-corrected chi connectivity index (χ3v) is 20.0. The Morgan fingerprint density at radius 3 is 0.917 bits per heavy atom. The van der Waals surface area contributed by atoms with Gasteiger partial charge in [-0.1, -0.05) is 117 Å². The molecule has 60 heavy (non-hydrogen) atoms. The predicted molar refractivity (Wildman–Crippen MR) is 241 cm³/mol. The Labute approximate surface area is 360 Å². The van der Waals surface area contributed by atoms with E-state index in [1.165, 1.54) is 74.5 Å². The molecule has 1 aromatic heterocycles. The maximum Gasteiger partial charge on any atom is 0.326 e. The largest absolute Gasteiger partial charge is 0.451 e. The van der Waals surface area contributed by atoms with E-state index in [0.717, 1.165) is 53.7 Å². The summed E-state index contributed by atoms with van der Waals surface area (Å²) in [7, 11) is 0. The van der Waals surface area contributed by atoms with Crippen molar-refractivity contribution in [2.45, 2.75) is 158 Å². The number of hydrogen-bond acceptors (Lipinski definition) is 6. The number of aromatic nitrogens is 3. The highest BCUT2D eigenvalue weighted by Crippen LogP contribution is 2.71. The molecule has 1 heterocycles. The van der Waals surface area contributed by atoms with E-state index in [-0.39, 0.29) is 52.6 Å². The zero-order valence-electron chi connectivity index (χ0n) is 38.1. The van der Waals surface area contributed by atoms with Crippen LogP contribution >= 0.6 is 0 Å². The zero-order valence-corrected chi connectivity index (χ0v) is 38.1. The summed E-state index contributed by atoms with van der Waals surface area (Å²) in [4.78, 5) is 14.3. The first-order chi connectivity index (χ1) is 28.2. The Morgan fingerprint density at radius 2 is 0.717 bits per heavy atom. The van der Waals surface area contributed by atoms with Gasteiger partial charge in [0.15, 0.2) is 0 Å². The molecule has 318 valence electrons. The van der Waals surface area contributed by atoms with E-state index >= 15 is 0 Å². The van der Waals surface area contributed by atoms with Crippen LogP contribution in [0.15, 0.2) is 106 Å². The van der Waals surface area contributed by atoms with Gasteiger partial charge < -0.3 is 14.2 Å². The van der Waals surface area contributed by atoms with Crippen molar-refractivity contribution in [3.05, 3.63) is 106 Å². The number of nitrogens with zero attached hydrogens (tertiary/aromatic N) is 3. The minimum Gasteiger partial charge on any atom is -0.451 e. The molecule has 0 spiro atoms. The second kappa shape index (κ2) is 13.3. The molecule has 6 fully saturated rings. The summed E-state index contributed by atoms with van der Waals surface area (Å²) < 4.78 is 19.7. The van der Waals surface area contributed by atoms with Crippen LogP contribution in [0.4, 0.5) is 0 Å². The first-order valence-electron chi connectivity index (χ1n) is 23.3. The molecule has 6 nitrogen and oxygen atoms in total. The molecule has 9 atom stereocenters. The Hall–Kier alpha value is -3.93. The van der Waals surface area contributed by atoms with Gasteiger partial charge in [-0.15, -0.1) is 15.0 Å². The number of ether oxygens (including phenoxy) is 3. The van der Waals surface area contributed by atoms with E-state index in [4.69, 9.17) is 29.2 Å². The summed E-state index contributed by atoms with van der Waals surface area (Å²) in [6, 6.07) is 0.474. The van der Waals surface area contributed by atoms with Gasteiger partial charge in [-0.25, -0.2) is 0 Å².